The van der Waals surface area contributed by atoms with Crippen LogP contribution in [0.5, 0.6) is 5.75 Å². The first-order valence-corrected chi connectivity index (χ1v) is 7.88. The molecule has 4 nitrogen and oxygen atoms in total. The molecule has 4 heteroatoms. The van der Waals surface area contributed by atoms with E-state index in [0.29, 0.717) is 0 Å². The number of piperidine rings is 1. The number of aryl methyl sites for hydroxylation is 1. The van der Waals surface area contributed by atoms with Crippen LogP contribution in [0.4, 0.5) is 5.69 Å². The van der Waals surface area contributed by atoms with Crippen LogP contribution in [0.15, 0.2) is 12.1 Å². The van der Waals surface area contributed by atoms with Crippen LogP contribution in [0, 0.1) is 13.8 Å². The zero-order chi connectivity index (χ0) is 15.4. The van der Waals surface area contributed by atoms with Crippen molar-refractivity contribution < 1.29 is 9.90 Å². The first-order chi connectivity index (χ1) is 10.0. The number of carbonyl (C=O) groups is 1. The smallest absolute Gasteiger partial charge is 0.241 e. The van der Waals surface area contributed by atoms with E-state index in [-0.39, 0.29) is 17.7 Å². The van der Waals surface area contributed by atoms with Crippen LogP contribution in [-0.4, -0.2) is 35.0 Å². The molecule has 21 heavy (non-hydrogen) atoms. The van der Waals surface area contributed by atoms with Crippen molar-refractivity contribution in [2.24, 2.45) is 0 Å². The molecular weight excluding hydrogens is 264 g/mol. The van der Waals surface area contributed by atoms with Crippen LogP contribution in [0.2, 0.25) is 0 Å². The predicted octanol–water partition coefficient (Wildman–Crippen LogP) is 3.21. The Morgan fingerprint density at radius 3 is 2.86 bits per heavy atom. The van der Waals surface area contributed by atoms with Crippen LogP contribution in [0.25, 0.3) is 0 Å². The maximum absolute atomic E-state index is 12.6. The lowest BCUT2D eigenvalue weighted by Gasteiger charge is -2.34. The number of benzene rings is 1. The number of hydrogen-bond donors (Lipinski definition) is 2. The Kier molecular flexibility index (Phi) is 5.23. The van der Waals surface area contributed by atoms with E-state index in [2.05, 4.69) is 17.1 Å². The number of carbonyl (C=O) groups excluding carboxylic acids is 1. The summed E-state index contributed by atoms with van der Waals surface area (Å²) in [6, 6.07) is 3.47. The molecule has 0 spiro atoms. The molecule has 1 aliphatic heterocycles. The minimum absolute atomic E-state index is 0.0418. The third-order valence-electron chi connectivity index (χ3n) is 4.32. The number of likely N-dealkylation sites (tertiary alicyclic amines) is 1. The van der Waals surface area contributed by atoms with Gasteiger partial charge in [0.2, 0.25) is 5.91 Å². The minimum Gasteiger partial charge on any atom is -0.508 e. The summed E-state index contributed by atoms with van der Waals surface area (Å²) in [6.07, 6.45) is 4.26. The van der Waals surface area contributed by atoms with E-state index < -0.39 is 0 Å². The van der Waals surface area contributed by atoms with Gasteiger partial charge < -0.3 is 10.4 Å². The van der Waals surface area contributed by atoms with Gasteiger partial charge in [0.1, 0.15) is 5.75 Å². The monoisotopic (exact) mass is 290 g/mol. The molecule has 2 rings (SSSR count). The molecule has 1 aliphatic rings. The highest BCUT2D eigenvalue weighted by Crippen LogP contribution is 2.29. The van der Waals surface area contributed by atoms with Crippen molar-refractivity contribution in [2.75, 3.05) is 18.4 Å². The quantitative estimate of drug-likeness (QED) is 0.895. The molecule has 0 radical (unpaired) electrons. The maximum atomic E-state index is 12.6. The molecule has 1 aromatic rings. The third kappa shape index (κ3) is 3.56. The first kappa shape index (κ1) is 15.8. The van der Waals surface area contributed by atoms with E-state index in [1.54, 1.807) is 6.07 Å². The van der Waals surface area contributed by atoms with E-state index in [4.69, 9.17) is 0 Å². The molecule has 1 amide bonds. The topological polar surface area (TPSA) is 52.6 Å². The standard InChI is InChI=1S/C17H26N2O2/c1-4-10-19-11-6-5-7-14(19)17(21)18-16-12(2)8-9-15(20)13(16)3/h8-9,14,20H,4-7,10-11H2,1-3H3,(H,18,21). The molecule has 1 atom stereocenters. The fraction of sp³-hybridized carbons (Fsp3) is 0.588. The number of amides is 1. The maximum Gasteiger partial charge on any atom is 0.241 e. The van der Waals surface area contributed by atoms with Crippen molar-refractivity contribution in [1.82, 2.24) is 4.90 Å². The fourth-order valence-corrected chi connectivity index (χ4v) is 3.08. The lowest BCUT2D eigenvalue weighted by atomic mass is 10.0. The number of phenols is 1. The van der Waals surface area contributed by atoms with E-state index >= 15 is 0 Å². The largest absolute Gasteiger partial charge is 0.508 e. The summed E-state index contributed by atoms with van der Waals surface area (Å²) in [4.78, 5) is 14.9. The van der Waals surface area contributed by atoms with Gasteiger partial charge >= 0.3 is 0 Å². The molecule has 1 heterocycles. The van der Waals surface area contributed by atoms with E-state index in [1.165, 1.54) is 6.42 Å². The lowest BCUT2D eigenvalue weighted by molar-refractivity contribution is -0.122. The average molecular weight is 290 g/mol. The number of phenolic OH excluding ortho intramolecular Hbond substituents is 1. The zero-order valence-corrected chi connectivity index (χ0v) is 13.3. The Balaban J connectivity index is 2.15. The molecule has 1 saturated heterocycles. The Hall–Kier alpha value is -1.55. The molecule has 0 bridgehead atoms. The zero-order valence-electron chi connectivity index (χ0n) is 13.3. The van der Waals surface area contributed by atoms with Crippen LogP contribution < -0.4 is 5.32 Å². The third-order valence-corrected chi connectivity index (χ3v) is 4.32. The first-order valence-electron chi connectivity index (χ1n) is 7.88. The molecular formula is C17H26N2O2. The summed E-state index contributed by atoms with van der Waals surface area (Å²) in [7, 11) is 0. The van der Waals surface area contributed by atoms with Gasteiger partial charge in [-0.2, -0.15) is 0 Å². The summed E-state index contributed by atoms with van der Waals surface area (Å²) in [5.41, 5.74) is 2.47. The van der Waals surface area contributed by atoms with Gasteiger partial charge in [0.05, 0.1) is 11.7 Å². The molecule has 0 saturated carbocycles. The van der Waals surface area contributed by atoms with Crippen molar-refractivity contribution >= 4 is 11.6 Å². The van der Waals surface area contributed by atoms with Gasteiger partial charge in [-0.3, -0.25) is 9.69 Å². The van der Waals surface area contributed by atoms with Crippen molar-refractivity contribution in [2.45, 2.75) is 52.5 Å². The van der Waals surface area contributed by atoms with Gasteiger partial charge in [0.15, 0.2) is 0 Å². The second-order valence-corrected chi connectivity index (χ2v) is 5.94. The van der Waals surface area contributed by atoms with E-state index in [1.807, 2.05) is 19.9 Å². The number of nitrogens with one attached hydrogen (secondary N) is 1. The van der Waals surface area contributed by atoms with Gasteiger partial charge in [-0.15, -0.1) is 0 Å². The number of aromatic hydroxyl groups is 1. The van der Waals surface area contributed by atoms with Crippen molar-refractivity contribution in [3.05, 3.63) is 23.3 Å². The summed E-state index contributed by atoms with van der Waals surface area (Å²) >= 11 is 0. The van der Waals surface area contributed by atoms with Gasteiger partial charge in [-0.25, -0.2) is 0 Å². The molecule has 116 valence electrons. The van der Waals surface area contributed by atoms with Crippen molar-refractivity contribution in [1.29, 1.82) is 0 Å². The number of hydrogen-bond acceptors (Lipinski definition) is 3. The molecule has 0 aromatic heterocycles. The Morgan fingerprint density at radius 1 is 1.38 bits per heavy atom. The number of anilines is 1. The summed E-state index contributed by atoms with van der Waals surface area (Å²) in [6.45, 7) is 7.91. The Labute approximate surface area is 127 Å². The second kappa shape index (κ2) is 6.94. The molecule has 1 unspecified atom stereocenters. The Morgan fingerprint density at radius 2 is 2.14 bits per heavy atom. The van der Waals surface area contributed by atoms with Gasteiger partial charge in [0.25, 0.3) is 0 Å². The average Bonchev–Trinajstić information content (AvgIpc) is 2.48. The van der Waals surface area contributed by atoms with Crippen LogP contribution in [-0.2, 0) is 4.79 Å². The van der Waals surface area contributed by atoms with Gasteiger partial charge in [-0.1, -0.05) is 19.4 Å². The van der Waals surface area contributed by atoms with Gasteiger partial charge in [0, 0.05) is 5.56 Å². The molecule has 2 N–H and O–H groups in total. The highest BCUT2D eigenvalue weighted by atomic mass is 16.3. The molecule has 1 aromatic carbocycles. The van der Waals surface area contributed by atoms with E-state index in [9.17, 15) is 9.90 Å². The van der Waals surface area contributed by atoms with Crippen LogP contribution >= 0.6 is 0 Å². The molecule has 0 aliphatic carbocycles. The van der Waals surface area contributed by atoms with Gasteiger partial charge in [-0.05, 0) is 57.8 Å². The minimum atomic E-state index is -0.0418. The lowest BCUT2D eigenvalue weighted by Crippen LogP contribution is -2.47. The highest BCUT2D eigenvalue weighted by molar-refractivity contribution is 5.96. The van der Waals surface area contributed by atoms with Crippen molar-refractivity contribution in [3.8, 4) is 5.75 Å². The van der Waals surface area contributed by atoms with E-state index in [0.717, 1.165) is 49.2 Å². The normalized spacial score (nSPS) is 19.5. The summed E-state index contributed by atoms with van der Waals surface area (Å²) in [5, 5.41) is 12.9. The molecule has 1 fully saturated rings. The van der Waals surface area contributed by atoms with Crippen LogP contribution in [0.1, 0.15) is 43.7 Å². The predicted molar refractivity (Wildman–Crippen MR) is 85.7 cm³/mol. The highest BCUT2D eigenvalue weighted by Gasteiger charge is 2.28. The SMILES string of the molecule is CCCN1CCCCC1C(=O)Nc1c(C)ccc(O)c1C. The summed E-state index contributed by atoms with van der Waals surface area (Å²) < 4.78 is 0. The number of rotatable bonds is 4. The Bertz CT molecular complexity index is 512. The van der Waals surface area contributed by atoms with Crippen LogP contribution in [0.3, 0.4) is 0 Å². The number of nitrogens with zero attached hydrogens (tertiary/aromatic N) is 1. The summed E-state index contributed by atoms with van der Waals surface area (Å²) in [5.74, 6) is 0.282. The van der Waals surface area contributed by atoms with Crippen molar-refractivity contribution in [3.63, 3.8) is 0 Å². The fourth-order valence-electron chi connectivity index (χ4n) is 3.08. The second-order valence-electron chi connectivity index (χ2n) is 5.94.